The summed E-state index contributed by atoms with van der Waals surface area (Å²) < 4.78 is 13.0. The van der Waals surface area contributed by atoms with E-state index in [0.717, 1.165) is 21.6 Å². The summed E-state index contributed by atoms with van der Waals surface area (Å²) in [6.07, 6.45) is 2.06. The zero-order chi connectivity index (χ0) is 28.8. The van der Waals surface area contributed by atoms with Crippen LogP contribution < -0.4 is 5.32 Å². The Hall–Kier alpha value is -4.02. The third-order valence-corrected chi connectivity index (χ3v) is 8.10. The number of benzene rings is 3. The van der Waals surface area contributed by atoms with Crippen molar-refractivity contribution in [3.05, 3.63) is 125 Å². The molecule has 1 aliphatic heterocycles. The summed E-state index contributed by atoms with van der Waals surface area (Å²) in [5.41, 5.74) is 3.98. The molecule has 4 aromatic rings. The molecule has 0 saturated carbocycles. The lowest BCUT2D eigenvalue weighted by Gasteiger charge is -2.41. The SMILES string of the molecule is CC1C(CSc2ccc(C(=O)O)cc2)OC(c2ccc(NC(=O)c3cccnc3)cc2)OC1c1ccc(CO)cc1. The van der Waals surface area contributed by atoms with Gasteiger partial charge in [-0.05, 0) is 59.7 Å². The number of aromatic carboxylic acids is 1. The predicted molar refractivity (Wildman–Crippen MR) is 156 cm³/mol. The van der Waals surface area contributed by atoms with Gasteiger partial charge in [-0.25, -0.2) is 4.79 Å². The summed E-state index contributed by atoms with van der Waals surface area (Å²) in [5, 5.41) is 21.5. The van der Waals surface area contributed by atoms with Gasteiger partial charge in [0.1, 0.15) is 0 Å². The van der Waals surface area contributed by atoms with Gasteiger partial charge < -0.3 is 25.0 Å². The monoisotopic (exact) mass is 570 g/mol. The second-order valence-corrected chi connectivity index (χ2v) is 10.9. The minimum absolute atomic E-state index is 0.00932. The van der Waals surface area contributed by atoms with Crippen LogP contribution in [0.3, 0.4) is 0 Å². The van der Waals surface area contributed by atoms with Crippen LogP contribution in [0.25, 0.3) is 0 Å². The van der Waals surface area contributed by atoms with Gasteiger partial charge in [0.2, 0.25) is 0 Å². The van der Waals surface area contributed by atoms with Crippen molar-refractivity contribution < 1.29 is 29.3 Å². The van der Waals surface area contributed by atoms with Crippen LogP contribution in [0.5, 0.6) is 0 Å². The molecule has 0 radical (unpaired) electrons. The Morgan fingerprint density at radius 2 is 1.61 bits per heavy atom. The first-order valence-electron chi connectivity index (χ1n) is 13.2. The number of hydrogen-bond acceptors (Lipinski definition) is 7. The molecule has 8 nitrogen and oxygen atoms in total. The average molecular weight is 571 g/mol. The van der Waals surface area contributed by atoms with Crippen molar-refractivity contribution in [3.63, 3.8) is 0 Å². The number of aliphatic hydroxyl groups is 1. The molecule has 1 amide bonds. The number of carbonyl (C=O) groups is 2. The van der Waals surface area contributed by atoms with Crippen LogP contribution in [0, 0.1) is 5.92 Å². The zero-order valence-corrected chi connectivity index (χ0v) is 23.2. The van der Waals surface area contributed by atoms with Crippen LogP contribution in [0.1, 0.15) is 56.7 Å². The lowest BCUT2D eigenvalue weighted by atomic mass is 9.91. The number of thioether (sulfide) groups is 1. The van der Waals surface area contributed by atoms with Crippen molar-refractivity contribution in [2.45, 2.75) is 36.9 Å². The number of nitrogens with zero attached hydrogens (tertiary/aromatic N) is 1. The Kier molecular flexibility index (Phi) is 9.11. The standard InChI is InChI=1S/C32H30N2O6S/c1-20-28(19-41-27-14-10-23(11-15-27)31(37)38)39-32(40-29(20)22-6-4-21(18-35)5-7-22)24-8-12-26(13-9-24)34-30(36)25-3-2-16-33-17-25/h2-17,20,28-29,32,35H,18-19H2,1H3,(H,34,36)(H,37,38). The van der Waals surface area contributed by atoms with E-state index in [-0.39, 0.29) is 36.2 Å². The fourth-order valence-corrected chi connectivity index (χ4v) is 5.67. The smallest absolute Gasteiger partial charge is 0.335 e. The molecule has 5 rings (SSSR count). The van der Waals surface area contributed by atoms with Crippen molar-refractivity contribution >= 4 is 29.3 Å². The van der Waals surface area contributed by atoms with Gasteiger partial charge in [0.25, 0.3) is 5.91 Å². The fraction of sp³-hybridized carbons (Fsp3) is 0.219. The van der Waals surface area contributed by atoms with Crippen LogP contribution in [0.15, 0.2) is 102 Å². The van der Waals surface area contributed by atoms with Gasteiger partial charge in [-0.1, -0.05) is 43.3 Å². The summed E-state index contributed by atoms with van der Waals surface area (Å²) in [6.45, 7) is 2.06. The van der Waals surface area contributed by atoms with E-state index in [4.69, 9.17) is 9.47 Å². The number of hydrogen-bond donors (Lipinski definition) is 3. The summed E-state index contributed by atoms with van der Waals surface area (Å²) in [4.78, 5) is 28.7. The molecule has 1 saturated heterocycles. The molecule has 0 spiro atoms. The van der Waals surface area contributed by atoms with Gasteiger partial charge in [-0.15, -0.1) is 11.8 Å². The first-order chi connectivity index (χ1) is 19.9. The van der Waals surface area contributed by atoms with Crippen LogP contribution >= 0.6 is 11.8 Å². The molecule has 4 atom stereocenters. The van der Waals surface area contributed by atoms with Gasteiger partial charge in [0.15, 0.2) is 6.29 Å². The Balaban J connectivity index is 1.33. The molecule has 210 valence electrons. The number of ether oxygens (including phenoxy) is 2. The molecule has 1 aliphatic rings. The van der Waals surface area contributed by atoms with E-state index >= 15 is 0 Å². The molecule has 41 heavy (non-hydrogen) atoms. The number of rotatable bonds is 9. The first-order valence-corrected chi connectivity index (χ1v) is 14.2. The quantitative estimate of drug-likeness (QED) is 0.206. The Labute approximate surface area is 242 Å². The molecule has 0 aliphatic carbocycles. The van der Waals surface area contributed by atoms with Gasteiger partial charge in [0, 0.05) is 40.2 Å². The second kappa shape index (κ2) is 13.1. The van der Waals surface area contributed by atoms with Gasteiger partial charge >= 0.3 is 5.97 Å². The molecule has 2 heterocycles. The highest BCUT2D eigenvalue weighted by molar-refractivity contribution is 7.99. The number of carboxylic acid groups (broad SMARTS) is 1. The van der Waals surface area contributed by atoms with E-state index in [1.807, 2.05) is 48.5 Å². The van der Waals surface area contributed by atoms with E-state index in [2.05, 4.69) is 17.2 Å². The first kappa shape index (κ1) is 28.5. The Morgan fingerprint density at radius 3 is 2.24 bits per heavy atom. The van der Waals surface area contributed by atoms with Crippen LogP contribution in [-0.2, 0) is 16.1 Å². The number of carboxylic acids is 1. The molecule has 4 unspecified atom stereocenters. The third kappa shape index (κ3) is 7.01. The molecule has 9 heteroatoms. The molecule has 3 aromatic carbocycles. The predicted octanol–water partition coefficient (Wildman–Crippen LogP) is 6.11. The second-order valence-electron chi connectivity index (χ2n) is 9.78. The Morgan fingerprint density at radius 1 is 0.902 bits per heavy atom. The maximum Gasteiger partial charge on any atom is 0.335 e. The molecule has 1 aromatic heterocycles. The van der Waals surface area contributed by atoms with Crippen molar-refractivity contribution in [2.24, 2.45) is 5.92 Å². The number of pyridine rings is 1. The van der Waals surface area contributed by atoms with Crippen molar-refractivity contribution in [2.75, 3.05) is 11.1 Å². The largest absolute Gasteiger partial charge is 0.478 e. The summed E-state index contributed by atoms with van der Waals surface area (Å²) in [7, 11) is 0. The summed E-state index contributed by atoms with van der Waals surface area (Å²) in [6, 6.07) is 25.3. The Bertz CT molecular complexity index is 1460. The maximum atomic E-state index is 12.5. The molecular formula is C32H30N2O6S. The molecule has 1 fully saturated rings. The summed E-state index contributed by atoms with van der Waals surface area (Å²) in [5.74, 6) is -0.555. The van der Waals surface area contributed by atoms with Crippen molar-refractivity contribution in [3.8, 4) is 0 Å². The molecule has 3 N–H and O–H groups in total. The number of carbonyl (C=O) groups excluding carboxylic acids is 1. The van der Waals surface area contributed by atoms with Crippen LogP contribution in [0.4, 0.5) is 5.69 Å². The highest BCUT2D eigenvalue weighted by atomic mass is 32.2. The van der Waals surface area contributed by atoms with E-state index in [0.29, 0.717) is 17.0 Å². The zero-order valence-electron chi connectivity index (χ0n) is 22.3. The van der Waals surface area contributed by atoms with E-state index in [1.54, 1.807) is 54.4 Å². The van der Waals surface area contributed by atoms with Crippen molar-refractivity contribution in [1.82, 2.24) is 4.98 Å². The minimum atomic E-state index is -0.955. The van der Waals surface area contributed by atoms with Crippen LogP contribution in [-0.4, -0.2) is 38.9 Å². The van der Waals surface area contributed by atoms with E-state index in [1.165, 1.54) is 6.20 Å². The number of aromatic nitrogens is 1. The highest BCUT2D eigenvalue weighted by Crippen LogP contribution is 2.43. The maximum absolute atomic E-state index is 12.5. The van der Waals surface area contributed by atoms with Crippen molar-refractivity contribution in [1.29, 1.82) is 0 Å². The number of nitrogens with one attached hydrogen (secondary N) is 1. The number of aliphatic hydroxyl groups excluding tert-OH is 1. The normalized spacial score (nSPS) is 20.3. The van der Waals surface area contributed by atoms with E-state index in [9.17, 15) is 19.8 Å². The highest BCUT2D eigenvalue weighted by Gasteiger charge is 2.38. The van der Waals surface area contributed by atoms with Gasteiger partial charge in [-0.3, -0.25) is 9.78 Å². The van der Waals surface area contributed by atoms with E-state index < -0.39 is 12.3 Å². The van der Waals surface area contributed by atoms with Crippen LogP contribution in [0.2, 0.25) is 0 Å². The lowest BCUT2D eigenvalue weighted by molar-refractivity contribution is -0.268. The molecular weight excluding hydrogens is 540 g/mol. The molecule has 0 bridgehead atoms. The van der Waals surface area contributed by atoms with Gasteiger partial charge in [0.05, 0.1) is 29.9 Å². The third-order valence-electron chi connectivity index (χ3n) is 7.00. The topological polar surface area (TPSA) is 118 Å². The fourth-order valence-electron chi connectivity index (χ4n) is 4.61. The number of amides is 1. The lowest BCUT2D eigenvalue weighted by Crippen LogP contribution is -2.38. The minimum Gasteiger partial charge on any atom is -0.478 e. The van der Waals surface area contributed by atoms with Gasteiger partial charge in [-0.2, -0.15) is 0 Å². The average Bonchev–Trinajstić information content (AvgIpc) is 3.01. The number of anilines is 1. The summed E-state index contributed by atoms with van der Waals surface area (Å²) >= 11 is 1.60.